The van der Waals surface area contributed by atoms with Gasteiger partial charge in [0.2, 0.25) is 0 Å². The molecule has 0 aliphatic carbocycles. The molecular weight excluding hydrogens is 316 g/mol. The van der Waals surface area contributed by atoms with Crippen LogP contribution in [-0.4, -0.2) is 13.1 Å². The summed E-state index contributed by atoms with van der Waals surface area (Å²) in [5.41, 5.74) is 2.91. The highest BCUT2D eigenvalue weighted by Gasteiger charge is 2.01. The summed E-state index contributed by atoms with van der Waals surface area (Å²) in [5.74, 6) is 0. The summed E-state index contributed by atoms with van der Waals surface area (Å²) < 4.78 is 0. The van der Waals surface area contributed by atoms with Crippen LogP contribution in [-0.2, 0) is 13.1 Å². The molecule has 0 fully saturated rings. The Bertz CT molecular complexity index is 377. The molecule has 0 spiro atoms. The van der Waals surface area contributed by atoms with E-state index >= 15 is 0 Å². The van der Waals surface area contributed by atoms with Crippen LogP contribution in [0.4, 0.5) is 0 Å². The van der Waals surface area contributed by atoms with Crippen molar-refractivity contribution in [3.05, 3.63) is 35.4 Å². The minimum Gasteiger partial charge on any atom is -0.313 e. The summed E-state index contributed by atoms with van der Waals surface area (Å²) in [7, 11) is 0. The third kappa shape index (κ3) is 12.5. The maximum atomic E-state index is 3.64. The Balaban J connectivity index is 2.10. The number of nitrogens with one attached hydrogen (secondary N) is 2. The number of benzene rings is 1. The lowest BCUT2D eigenvalue weighted by Crippen LogP contribution is -2.19. The van der Waals surface area contributed by atoms with Gasteiger partial charge in [-0.15, -0.1) is 0 Å². The largest absolute Gasteiger partial charge is 0.313 e. The zero-order chi connectivity index (χ0) is 18.7. The van der Waals surface area contributed by atoms with Crippen molar-refractivity contribution in [3.8, 4) is 0 Å². The van der Waals surface area contributed by atoms with Crippen molar-refractivity contribution in [1.82, 2.24) is 10.6 Å². The van der Waals surface area contributed by atoms with Crippen LogP contribution in [0.25, 0.3) is 0 Å². The van der Waals surface area contributed by atoms with E-state index in [1.54, 1.807) is 0 Å². The molecule has 1 rings (SSSR count). The number of hydrogen-bond donors (Lipinski definition) is 2. The third-order valence-corrected chi connectivity index (χ3v) is 5.16. The minimum absolute atomic E-state index is 1.00. The molecule has 1 aromatic carbocycles. The van der Waals surface area contributed by atoms with Gasteiger partial charge in [-0.2, -0.15) is 0 Å². The van der Waals surface area contributed by atoms with Crippen LogP contribution in [0.2, 0.25) is 0 Å². The molecule has 0 amide bonds. The van der Waals surface area contributed by atoms with Gasteiger partial charge in [-0.25, -0.2) is 0 Å². The molecule has 0 aromatic heterocycles. The van der Waals surface area contributed by atoms with Crippen molar-refractivity contribution >= 4 is 0 Å². The van der Waals surface area contributed by atoms with Crippen molar-refractivity contribution in [2.24, 2.45) is 0 Å². The molecule has 0 heterocycles. The van der Waals surface area contributed by atoms with Crippen molar-refractivity contribution in [2.75, 3.05) is 13.1 Å². The first-order valence-corrected chi connectivity index (χ1v) is 11.4. The van der Waals surface area contributed by atoms with Gasteiger partial charge < -0.3 is 10.6 Å². The van der Waals surface area contributed by atoms with Gasteiger partial charge in [0.1, 0.15) is 0 Å². The smallest absolute Gasteiger partial charge is 0.0208 e. The Morgan fingerprint density at radius 3 is 1.35 bits per heavy atom. The Labute approximate surface area is 163 Å². The zero-order valence-electron chi connectivity index (χ0n) is 17.6. The van der Waals surface area contributed by atoms with Gasteiger partial charge >= 0.3 is 0 Å². The molecule has 150 valence electrons. The summed E-state index contributed by atoms with van der Waals surface area (Å²) in [6.07, 6.45) is 16.4. The first-order valence-electron chi connectivity index (χ1n) is 11.4. The first kappa shape index (κ1) is 23.2. The molecule has 0 bridgehead atoms. The van der Waals surface area contributed by atoms with E-state index in [4.69, 9.17) is 0 Å². The van der Waals surface area contributed by atoms with E-state index in [0.29, 0.717) is 0 Å². The molecular formula is C24H44N2. The third-order valence-electron chi connectivity index (χ3n) is 5.16. The molecule has 2 N–H and O–H groups in total. The van der Waals surface area contributed by atoms with E-state index in [2.05, 4.69) is 48.7 Å². The monoisotopic (exact) mass is 360 g/mol. The van der Waals surface area contributed by atoms with Gasteiger partial charge in [-0.05, 0) is 37.1 Å². The molecule has 0 radical (unpaired) electrons. The van der Waals surface area contributed by atoms with Gasteiger partial charge in [0, 0.05) is 13.1 Å². The molecule has 1 aromatic rings. The fraction of sp³-hybridized carbons (Fsp3) is 0.750. The predicted molar refractivity (Wildman–Crippen MR) is 117 cm³/mol. The summed E-state index contributed by atoms with van der Waals surface area (Å²) in [4.78, 5) is 0. The predicted octanol–water partition coefficient (Wildman–Crippen LogP) is 6.59. The van der Waals surface area contributed by atoms with E-state index in [1.165, 1.54) is 88.2 Å². The number of hydrogen-bond acceptors (Lipinski definition) is 2. The molecule has 0 aliphatic heterocycles. The van der Waals surface area contributed by atoms with Crippen molar-refractivity contribution in [1.29, 1.82) is 0 Å². The van der Waals surface area contributed by atoms with Gasteiger partial charge in [0.25, 0.3) is 0 Å². The summed E-state index contributed by atoms with van der Waals surface area (Å²) in [5, 5.41) is 7.27. The maximum Gasteiger partial charge on any atom is 0.0208 e. The minimum atomic E-state index is 1.00. The lowest BCUT2D eigenvalue weighted by molar-refractivity contribution is 0.563. The molecule has 2 heteroatoms. The van der Waals surface area contributed by atoms with Crippen LogP contribution in [0, 0.1) is 0 Å². The molecule has 0 saturated heterocycles. The van der Waals surface area contributed by atoms with Crippen LogP contribution in [0.3, 0.4) is 0 Å². The van der Waals surface area contributed by atoms with Crippen LogP contribution in [0.15, 0.2) is 24.3 Å². The fourth-order valence-electron chi connectivity index (χ4n) is 3.41. The molecule has 0 unspecified atom stereocenters. The van der Waals surface area contributed by atoms with Gasteiger partial charge in [0.15, 0.2) is 0 Å². The Morgan fingerprint density at radius 1 is 0.538 bits per heavy atom. The highest BCUT2D eigenvalue weighted by molar-refractivity contribution is 5.26. The average Bonchev–Trinajstić information content (AvgIpc) is 2.67. The molecule has 26 heavy (non-hydrogen) atoms. The Hall–Kier alpha value is -0.860. The van der Waals surface area contributed by atoms with Gasteiger partial charge in [-0.3, -0.25) is 0 Å². The normalized spacial score (nSPS) is 11.2. The SMILES string of the molecule is CCCCCCCCNCc1ccccc1CNCCCCCCCC. The highest BCUT2D eigenvalue weighted by atomic mass is 14.9. The standard InChI is InChI=1S/C24H44N2/c1-3-5-7-9-11-15-19-25-21-23-17-13-14-18-24(23)22-26-20-16-12-10-8-6-4-2/h13-14,17-18,25-26H,3-12,15-16,19-22H2,1-2H3. The highest BCUT2D eigenvalue weighted by Crippen LogP contribution is 2.10. The van der Waals surface area contributed by atoms with Crippen LogP contribution < -0.4 is 10.6 Å². The molecule has 0 aliphatic rings. The quantitative estimate of drug-likeness (QED) is 0.289. The maximum absolute atomic E-state index is 3.64. The first-order chi connectivity index (χ1) is 12.9. The number of unbranched alkanes of at least 4 members (excludes halogenated alkanes) is 10. The molecule has 0 saturated carbocycles. The van der Waals surface area contributed by atoms with E-state index < -0.39 is 0 Å². The van der Waals surface area contributed by atoms with E-state index in [1.807, 2.05) is 0 Å². The van der Waals surface area contributed by atoms with Crippen LogP contribution in [0.1, 0.15) is 102 Å². The second-order valence-corrected chi connectivity index (χ2v) is 7.66. The average molecular weight is 361 g/mol. The van der Waals surface area contributed by atoms with Gasteiger partial charge in [0.05, 0.1) is 0 Å². The lowest BCUT2D eigenvalue weighted by Gasteiger charge is -2.12. The van der Waals surface area contributed by atoms with Gasteiger partial charge in [-0.1, -0.05) is 102 Å². The van der Waals surface area contributed by atoms with Crippen LogP contribution >= 0.6 is 0 Å². The lowest BCUT2D eigenvalue weighted by atomic mass is 10.1. The topological polar surface area (TPSA) is 24.1 Å². The summed E-state index contributed by atoms with van der Waals surface area (Å²) in [6, 6.07) is 8.88. The van der Waals surface area contributed by atoms with Crippen molar-refractivity contribution in [3.63, 3.8) is 0 Å². The number of rotatable bonds is 18. The molecule has 2 nitrogen and oxygen atoms in total. The van der Waals surface area contributed by atoms with E-state index in [9.17, 15) is 0 Å². The van der Waals surface area contributed by atoms with Crippen molar-refractivity contribution < 1.29 is 0 Å². The van der Waals surface area contributed by atoms with Crippen LogP contribution in [0.5, 0.6) is 0 Å². The fourth-order valence-corrected chi connectivity index (χ4v) is 3.41. The Kier molecular flexibility index (Phi) is 15.6. The van der Waals surface area contributed by atoms with E-state index in [-0.39, 0.29) is 0 Å². The van der Waals surface area contributed by atoms with E-state index in [0.717, 1.165) is 26.2 Å². The molecule has 0 atom stereocenters. The second kappa shape index (κ2) is 17.5. The zero-order valence-corrected chi connectivity index (χ0v) is 17.6. The second-order valence-electron chi connectivity index (χ2n) is 7.66. The Morgan fingerprint density at radius 2 is 0.923 bits per heavy atom. The van der Waals surface area contributed by atoms with Crippen molar-refractivity contribution in [2.45, 2.75) is 104 Å². The summed E-state index contributed by atoms with van der Waals surface area (Å²) in [6.45, 7) is 8.86. The summed E-state index contributed by atoms with van der Waals surface area (Å²) >= 11 is 0.